The smallest absolute Gasteiger partial charge is 0.323 e. The Balaban J connectivity index is 2.60. The molecular formula is C12H22N6O3. The highest BCUT2D eigenvalue weighted by Gasteiger charge is 2.14. The van der Waals surface area contributed by atoms with Gasteiger partial charge in [-0.2, -0.15) is 15.0 Å². The Kier molecular flexibility index (Phi) is 7.16. The van der Waals surface area contributed by atoms with Gasteiger partial charge in [0.25, 0.3) is 0 Å². The summed E-state index contributed by atoms with van der Waals surface area (Å²) < 4.78 is 10.2. The van der Waals surface area contributed by atoms with E-state index >= 15 is 0 Å². The first-order chi connectivity index (χ1) is 10.1. The Morgan fingerprint density at radius 2 is 2.10 bits per heavy atom. The fourth-order valence-electron chi connectivity index (χ4n) is 1.38. The summed E-state index contributed by atoms with van der Waals surface area (Å²) >= 11 is 0. The van der Waals surface area contributed by atoms with Crippen molar-refractivity contribution in [3.05, 3.63) is 0 Å². The fraction of sp³-hybridized carbons (Fsp3) is 0.667. The molecule has 4 N–H and O–H groups in total. The summed E-state index contributed by atoms with van der Waals surface area (Å²) in [6.45, 7) is 5.03. The number of ether oxygens (including phenoxy) is 2. The number of nitrogen functional groups attached to an aromatic ring is 1. The number of amides is 1. The van der Waals surface area contributed by atoms with Crippen molar-refractivity contribution in [2.75, 3.05) is 37.9 Å². The minimum absolute atomic E-state index is 0.0330. The van der Waals surface area contributed by atoms with Gasteiger partial charge in [-0.15, -0.1) is 0 Å². The zero-order valence-corrected chi connectivity index (χ0v) is 12.5. The molecule has 1 heterocycles. The molecule has 0 fully saturated rings. The molecule has 0 saturated heterocycles. The third kappa shape index (κ3) is 6.21. The minimum atomic E-state index is -0.525. The summed E-state index contributed by atoms with van der Waals surface area (Å²) in [5.41, 5.74) is 5.58. The lowest BCUT2D eigenvalue weighted by Crippen LogP contribution is -2.39. The average molecular weight is 298 g/mol. The molecule has 0 spiro atoms. The molecule has 9 heteroatoms. The molecule has 1 unspecified atom stereocenters. The maximum atomic E-state index is 11.8. The van der Waals surface area contributed by atoms with E-state index in [1.165, 1.54) is 0 Å². The highest BCUT2D eigenvalue weighted by molar-refractivity contribution is 5.83. The van der Waals surface area contributed by atoms with Crippen LogP contribution in [0.5, 0.6) is 6.01 Å². The van der Waals surface area contributed by atoms with Crippen molar-refractivity contribution in [1.29, 1.82) is 0 Å². The second-order valence-corrected chi connectivity index (χ2v) is 4.30. The summed E-state index contributed by atoms with van der Waals surface area (Å²) in [6.07, 6.45) is 0.826. The average Bonchev–Trinajstić information content (AvgIpc) is 2.44. The number of methoxy groups -OCH3 is 1. The van der Waals surface area contributed by atoms with Crippen LogP contribution in [0, 0.1) is 0 Å². The topological polar surface area (TPSA) is 124 Å². The predicted molar refractivity (Wildman–Crippen MR) is 78.0 cm³/mol. The number of hydrogen-bond donors (Lipinski definition) is 3. The number of carbonyl (C=O) groups is 1. The molecule has 0 aliphatic carbocycles. The van der Waals surface area contributed by atoms with Gasteiger partial charge in [0.15, 0.2) is 0 Å². The molecule has 0 saturated carbocycles. The second kappa shape index (κ2) is 8.90. The lowest BCUT2D eigenvalue weighted by molar-refractivity contribution is -0.121. The van der Waals surface area contributed by atoms with E-state index in [2.05, 4.69) is 25.6 Å². The van der Waals surface area contributed by atoms with Crippen molar-refractivity contribution < 1.29 is 14.3 Å². The summed E-state index contributed by atoms with van der Waals surface area (Å²) in [7, 11) is 1.57. The predicted octanol–water partition coefficient (Wildman–Crippen LogP) is -0.194. The van der Waals surface area contributed by atoms with Crippen LogP contribution in [-0.2, 0) is 9.53 Å². The number of aromatic nitrogens is 3. The normalized spacial score (nSPS) is 11.8. The van der Waals surface area contributed by atoms with Gasteiger partial charge >= 0.3 is 6.01 Å². The molecule has 1 aromatic heterocycles. The number of carbonyl (C=O) groups excluding carboxylic acids is 1. The molecule has 0 aliphatic rings. The SMILES string of the molecule is CCCOc1nc(N)nc(NC(C)C(=O)NCCOC)n1. The van der Waals surface area contributed by atoms with E-state index in [4.69, 9.17) is 15.2 Å². The Morgan fingerprint density at radius 3 is 2.76 bits per heavy atom. The van der Waals surface area contributed by atoms with Gasteiger partial charge in [-0.25, -0.2) is 0 Å². The van der Waals surface area contributed by atoms with E-state index in [-0.39, 0.29) is 23.8 Å². The first-order valence-corrected chi connectivity index (χ1v) is 6.74. The zero-order chi connectivity index (χ0) is 15.7. The van der Waals surface area contributed by atoms with Gasteiger partial charge in [0.2, 0.25) is 17.8 Å². The van der Waals surface area contributed by atoms with Crippen molar-refractivity contribution in [3.63, 3.8) is 0 Å². The summed E-state index contributed by atoms with van der Waals surface area (Å²) in [5, 5.41) is 5.56. The molecule has 1 atom stereocenters. The third-order valence-electron chi connectivity index (χ3n) is 2.41. The fourth-order valence-corrected chi connectivity index (χ4v) is 1.38. The maximum absolute atomic E-state index is 11.8. The monoisotopic (exact) mass is 298 g/mol. The minimum Gasteiger partial charge on any atom is -0.463 e. The van der Waals surface area contributed by atoms with E-state index in [1.54, 1.807) is 14.0 Å². The molecule has 0 bridgehead atoms. The largest absolute Gasteiger partial charge is 0.463 e. The van der Waals surface area contributed by atoms with Gasteiger partial charge in [0, 0.05) is 13.7 Å². The highest BCUT2D eigenvalue weighted by Crippen LogP contribution is 2.10. The van der Waals surface area contributed by atoms with Gasteiger partial charge in [-0.3, -0.25) is 4.79 Å². The van der Waals surface area contributed by atoms with Crippen molar-refractivity contribution in [2.24, 2.45) is 0 Å². The first-order valence-electron chi connectivity index (χ1n) is 6.74. The Bertz CT molecular complexity index is 457. The van der Waals surface area contributed by atoms with E-state index < -0.39 is 6.04 Å². The number of nitrogens with one attached hydrogen (secondary N) is 2. The lowest BCUT2D eigenvalue weighted by atomic mass is 10.3. The van der Waals surface area contributed by atoms with Crippen LogP contribution < -0.4 is 21.1 Å². The van der Waals surface area contributed by atoms with Gasteiger partial charge in [0.05, 0.1) is 13.2 Å². The van der Waals surface area contributed by atoms with Crippen LogP contribution in [-0.4, -0.2) is 53.8 Å². The van der Waals surface area contributed by atoms with Gasteiger partial charge in [-0.05, 0) is 13.3 Å². The molecule has 9 nitrogen and oxygen atoms in total. The molecule has 1 amide bonds. The van der Waals surface area contributed by atoms with Crippen LogP contribution in [0.2, 0.25) is 0 Å². The van der Waals surface area contributed by atoms with E-state index in [0.717, 1.165) is 6.42 Å². The van der Waals surface area contributed by atoms with Crippen LogP contribution in [0.15, 0.2) is 0 Å². The van der Waals surface area contributed by atoms with E-state index in [9.17, 15) is 4.79 Å². The van der Waals surface area contributed by atoms with Crippen molar-refractivity contribution in [2.45, 2.75) is 26.3 Å². The molecular weight excluding hydrogens is 276 g/mol. The van der Waals surface area contributed by atoms with Crippen molar-refractivity contribution in [3.8, 4) is 6.01 Å². The molecule has 0 radical (unpaired) electrons. The number of nitrogens with zero attached hydrogens (tertiary/aromatic N) is 3. The van der Waals surface area contributed by atoms with Gasteiger partial charge in [-0.1, -0.05) is 6.92 Å². The third-order valence-corrected chi connectivity index (χ3v) is 2.41. The Hall–Kier alpha value is -2.16. The number of rotatable bonds is 9. The van der Waals surface area contributed by atoms with Crippen LogP contribution in [0.25, 0.3) is 0 Å². The summed E-state index contributed by atoms with van der Waals surface area (Å²) in [4.78, 5) is 23.6. The Labute approximate surface area is 123 Å². The summed E-state index contributed by atoms with van der Waals surface area (Å²) in [5.74, 6) is 0.0376. The second-order valence-electron chi connectivity index (χ2n) is 4.30. The number of anilines is 2. The molecule has 21 heavy (non-hydrogen) atoms. The van der Waals surface area contributed by atoms with E-state index in [0.29, 0.717) is 19.8 Å². The molecule has 0 aromatic carbocycles. The van der Waals surface area contributed by atoms with Crippen LogP contribution >= 0.6 is 0 Å². The standard InChI is InChI=1S/C12H22N6O3/c1-4-6-21-12-17-10(13)16-11(18-12)15-8(2)9(19)14-5-7-20-3/h8H,4-7H2,1-3H3,(H,14,19)(H3,13,15,16,17,18). The van der Waals surface area contributed by atoms with E-state index in [1.807, 2.05) is 6.92 Å². The number of hydrogen-bond acceptors (Lipinski definition) is 8. The Morgan fingerprint density at radius 1 is 1.33 bits per heavy atom. The van der Waals surface area contributed by atoms with Crippen LogP contribution in [0.1, 0.15) is 20.3 Å². The molecule has 118 valence electrons. The first kappa shape index (κ1) is 16.9. The molecule has 0 aliphatic heterocycles. The maximum Gasteiger partial charge on any atom is 0.323 e. The number of nitrogens with two attached hydrogens (primary N) is 1. The zero-order valence-electron chi connectivity index (χ0n) is 12.5. The highest BCUT2D eigenvalue weighted by atomic mass is 16.5. The van der Waals surface area contributed by atoms with Crippen molar-refractivity contribution in [1.82, 2.24) is 20.3 Å². The van der Waals surface area contributed by atoms with Crippen LogP contribution in [0.4, 0.5) is 11.9 Å². The van der Waals surface area contributed by atoms with Crippen LogP contribution in [0.3, 0.4) is 0 Å². The molecule has 1 rings (SSSR count). The lowest BCUT2D eigenvalue weighted by Gasteiger charge is -2.14. The summed E-state index contributed by atoms with van der Waals surface area (Å²) in [6, 6.07) is -0.387. The van der Waals surface area contributed by atoms with Gasteiger partial charge in [0.1, 0.15) is 6.04 Å². The van der Waals surface area contributed by atoms with Gasteiger partial charge < -0.3 is 25.8 Å². The van der Waals surface area contributed by atoms with Crippen molar-refractivity contribution >= 4 is 17.8 Å². The quantitative estimate of drug-likeness (QED) is 0.536. The molecule has 1 aromatic rings.